The fourth-order valence-corrected chi connectivity index (χ4v) is 0.904. The van der Waals surface area contributed by atoms with E-state index in [0.717, 1.165) is 0 Å². The molecule has 0 aromatic heterocycles. The molecule has 0 aliphatic carbocycles. The topological polar surface area (TPSA) is 52.3 Å². The first-order valence-corrected chi connectivity index (χ1v) is 3.07. The summed E-state index contributed by atoms with van der Waals surface area (Å²) >= 11 is 0. The molecule has 3 nitrogen and oxygen atoms in total. The van der Waals surface area contributed by atoms with Crippen LogP contribution >= 0.6 is 0 Å². The smallest absolute Gasteiger partial charge is 0.227 e. The molecule has 0 bridgehead atoms. The third-order valence-electron chi connectivity index (χ3n) is 1.64. The van der Waals surface area contributed by atoms with Gasteiger partial charge in [-0.1, -0.05) is 0 Å². The van der Waals surface area contributed by atoms with Gasteiger partial charge in [-0.05, 0) is 12.3 Å². The molecule has 1 atom stereocenters. The molecule has 1 aliphatic rings. The average molecular weight is 139 g/mol. The summed E-state index contributed by atoms with van der Waals surface area (Å²) in [6.07, 6.45) is 5.44. The van der Waals surface area contributed by atoms with Gasteiger partial charge >= 0.3 is 0 Å². The predicted molar refractivity (Wildman–Crippen MR) is 36.2 cm³/mol. The molecule has 0 aromatic carbocycles. The Morgan fingerprint density at radius 1 is 1.80 bits per heavy atom. The molecule has 0 aromatic rings. The Hall–Kier alpha value is -0.850. The minimum absolute atomic E-state index is 0.260. The van der Waals surface area contributed by atoms with E-state index in [4.69, 9.17) is 16.9 Å². The van der Waals surface area contributed by atoms with Crippen molar-refractivity contribution in [3.63, 3.8) is 0 Å². The number of hydrogen-bond acceptors (Lipinski definition) is 3. The number of carbonyl (C=O) groups excluding carboxylic acids is 1. The Bertz CT molecular complexity index is 186. The van der Waals surface area contributed by atoms with Crippen LogP contribution < -0.4 is 5.73 Å². The van der Waals surface area contributed by atoms with Crippen molar-refractivity contribution >= 4 is 5.78 Å². The summed E-state index contributed by atoms with van der Waals surface area (Å²) in [6, 6.07) is 0. The van der Waals surface area contributed by atoms with Gasteiger partial charge in [0, 0.05) is 6.61 Å². The molecular formula is C7H9NO2. The lowest BCUT2D eigenvalue weighted by Gasteiger charge is -2.15. The van der Waals surface area contributed by atoms with E-state index in [0.29, 0.717) is 13.0 Å². The number of Topliss-reactive ketones (excluding diaryl/α,β-unsaturated/α-hetero) is 1. The Morgan fingerprint density at radius 2 is 2.50 bits per heavy atom. The lowest BCUT2D eigenvalue weighted by molar-refractivity contribution is -0.118. The zero-order valence-electron chi connectivity index (χ0n) is 5.59. The number of terminal acetylenes is 1. The minimum atomic E-state index is -0.894. The van der Waals surface area contributed by atoms with Gasteiger partial charge < -0.3 is 10.5 Å². The highest BCUT2D eigenvalue weighted by Gasteiger charge is 2.36. The minimum Gasteiger partial charge on any atom is -0.379 e. The maximum Gasteiger partial charge on any atom is 0.227 e. The molecule has 1 fully saturated rings. The van der Waals surface area contributed by atoms with E-state index in [1.165, 1.54) is 0 Å². The van der Waals surface area contributed by atoms with Gasteiger partial charge in [0.15, 0.2) is 0 Å². The zero-order valence-corrected chi connectivity index (χ0v) is 5.59. The van der Waals surface area contributed by atoms with Crippen LogP contribution in [-0.2, 0) is 9.53 Å². The lowest BCUT2D eigenvalue weighted by Crippen LogP contribution is -2.47. The normalized spacial score (nSPS) is 31.6. The molecule has 0 radical (unpaired) electrons. The van der Waals surface area contributed by atoms with Crippen molar-refractivity contribution in [2.45, 2.75) is 12.0 Å². The highest BCUT2D eigenvalue weighted by atomic mass is 16.5. The van der Waals surface area contributed by atoms with Crippen LogP contribution in [-0.4, -0.2) is 24.5 Å². The summed E-state index contributed by atoms with van der Waals surface area (Å²) in [5.74, 6) is 1.65. The number of ether oxygens (including phenoxy) is 1. The lowest BCUT2D eigenvalue weighted by atomic mass is 9.95. The predicted octanol–water partition coefficient (Wildman–Crippen LogP) is -0.694. The monoisotopic (exact) mass is 139 g/mol. The molecule has 0 amide bonds. The SMILES string of the molecule is C#CC(=O)C1(N)CCOC1. The first-order valence-electron chi connectivity index (χ1n) is 3.07. The van der Waals surface area contributed by atoms with Crippen molar-refractivity contribution in [3.8, 4) is 12.3 Å². The maximum atomic E-state index is 10.9. The summed E-state index contributed by atoms with van der Waals surface area (Å²) in [5.41, 5.74) is 4.70. The molecule has 0 spiro atoms. The molecule has 54 valence electrons. The van der Waals surface area contributed by atoms with Gasteiger partial charge in [0.1, 0.15) is 5.54 Å². The van der Waals surface area contributed by atoms with E-state index in [-0.39, 0.29) is 12.4 Å². The van der Waals surface area contributed by atoms with Crippen molar-refractivity contribution in [3.05, 3.63) is 0 Å². The van der Waals surface area contributed by atoms with Gasteiger partial charge in [0.2, 0.25) is 5.78 Å². The highest BCUT2D eigenvalue weighted by molar-refractivity contribution is 6.02. The Balaban J connectivity index is 2.69. The first-order chi connectivity index (χ1) is 4.69. The van der Waals surface area contributed by atoms with E-state index >= 15 is 0 Å². The van der Waals surface area contributed by atoms with Crippen LogP contribution in [0, 0.1) is 12.3 Å². The molecule has 10 heavy (non-hydrogen) atoms. The fourth-order valence-electron chi connectivity index (χ4n) is 0.904. The summed E-state index contributed by atoms with van der Waals surface area (Å²) < 4.78 is 4.94. The zero-order chi connectivity index (χ0) is 7.61. The molecule has 0 saturated carbocycles. The quantitative estimate of drug-likeness (QED) is 0.386. The molecule has 1 rings (SSSR count). The number of nitrogens with two attached hydrogens (primary N) is 1. The number of carbonyl (C=O) groups is 1. The van der Waals surface area contributed by atoms with Crippen molar-refractivity contribution in [1.29, 1.82) is 0 Å². The summed E-state index contributed by atoms with van der Waals surface area (Å²) in [5, 5.41) is 0. The van der Waals surface area contributed by atoms with Gasteiger partial charge in [-0.2, -0.15) is 0 Å². The van der Waals surface area contributed by atoms with E-state index in [1.54, 1.807) is 0 Å². The maximum absolute atomic E-state index is 10.9. The van der Waals surface area contributed by atoms with Gasteiger partial charge in [-0.3, -0.25) is 4.79 Å². The largest absolute Gasteiger partial charge is 0.379 e. The third kappa shape index (κ3) is 1.04. The standard InChI is InChI=1S/C7H9NO2/c1-2-6(9)7(8)3-4-10-5-7/h1H,3-5,8H2. The molecule has 1 saturated heterocycles. The highest BCUT2D eigenvalue weighted by Crippen LogP contribution is 2.15. The van der Waals surface area contributed by atoms with Gasteiger partial charge in [-0.25, -0.2) is 0 Å². The van der Waals surface area contributed by atoms with Crippen molar-refractivity contribution in [1.82, 2.24) is 0 Å². The van der Waals surface area contributed by atoms with Crippen molar-refractivity contribution < 1.29 is 9.53 Å². The molecule has 3 heteroatoms. The second kappa shape index (κ2) is 2.41. The van der Waals surface area contributed by atoms with Gasteiger partial charge in [-0.15, -0.1) is 6.42 Å². The van der Waals surface area contributed by atoms with Crippen LogP contribution in [0.2, 0.25) is 0 Å². The Labute approximate surface area is 59.5 Å². The van der Waals surface area contributed by atoms with Gasteiger partial charge in [0.05, 0.1) is 6.61 Å². The van der Waals surface area contributed by atoms with E-state index < -0.39 is 5.54 Å². The first kappa shape index (κ1) is 7.26. The van der Waals surface area contributed by atoms with E-state index in [1.807, 2.05) is 5.92 Å². The summed E-state index contributed by atoms with van der Waals surface area (Å²) in [6.45, 7) is 0.792. The van der Waals surface area contributed by atoms with Crippen molar-refractivity contribution in [2.75, 3.05) is 13.2 Å². The van der Waals surface area contributed by atoms with Crippen LogP contribution in [0.5, 0.6) is 0 Å². The molecule has 2 N–H and O–H groups in total. The number of rotatable bonds is 1. The van der Waals surface area contributed by atoms with Crippen LogP contribution in [0.4, 0.5) is 0 Å². The molecule has 1 heterocycles. The molecule has 1 aliphatic heterocycles. The fraction of sp³-hybridized carbons (Fsp3) is 0.571. The third-order valence-corrected chi connectivity index (χ3v) is 1.64. The Kier molecular flexibility index (Phi) is 1.75. The molecule has 1 unspecified atom stereocenters. The van der Waals surface area contributed by atoms with Crippen molar-refractivity contribution in [2.24, 2.45) is 5.73 Å². The number of ketones is 1. The van der Waals surface area contributed by atoms with Crippen LogP contribution in [0.15, 0.2) is 0 Å². The van der Waals surface area contributed by atoms with Crippen LogP contribution in [0.3, 0.4) is 0 Å². The van der Waals surface area contributed by atoms with Crippen LogP contribution in [0.25, 0.3) is 0 Å². The van der Waals surface area contributed by atoms with Crippen LogP contribution in [0.1, 0.15) is 6.42 Å². The second-order valence-corrected chi connectivity index (χ2v) is 2.43. The second-order valence-electron chi connectivity index (χ2n) is 2.43. The van der Waals surface area contributed by atoms with Gasteiger partial charge in [0.25, 0.3) is 0 Å². The Morgan fingerprint density at radius 3 is 2.90 bits per heavy atom. The molecular weight excluding hydrogens is 130 g/mol. The average Bonchev–Trinajstić information content (AvgIpc) is 2.36. The van der Waals surface area contributed by atoms with E-state index in [2.05, 4.69) is 0 Å². The summed E-state index contributed by atoms with van der Waals surface area (Å²) in [4.78, 5) is 10.9. The summed E-state index contributed by atoms with van der Waals surface area (Å²) in [7, 11) is 0. The number of hydrogen-bond donors (Lipinski definition) is 1. The van der Waals surface area contributed by atoms with E-state index in [9.17, 15) is 4.79 Å².